The van der Waals surface area contributed by atoms with Gasteiger partial charge in [-0.3, -0.25) is 9.52 Å². The van der Waals surface area contributed by atoms with Crippen molar-refractivity contribution >= 4 is 60.5 Å². The standard InChI is InChI=1S/C20H15BrN2O7S2/c21-12-1-3-15(14(8-12)20(25)26)22-19(24)11-7-18(31-10-11)32(27,28)23-13-2-4-16-17(9-13)30-6-5-29-16/h1-4,7-10,23H,5-6H2,(H,22,24)(H,25,26). The number of carboxylic acid groups (broad SMARTS) is 1. The van der Waals surface area contributed by atoms with E-state index < -0.39 is 21.9 Å². The van der Waals surface area contributed by atoms with E-state index in [4.69, 9.17) is 9.47 Å². The third-order valence-corrected chi connectivity index (χ3v) is 7.67. The fourth-order valence-electron chi connectivity index (χ4n) is 2.89. The van der Waals surface area contributed by atoms with Gasteiger partial charge < -0.3 is 19.9 Å². The lowest BCUT2D eigenvalue weighted by Crippen LogP contribution is -2.16. The van der Waals surface area contributed by atoms with E-state index in [2.05, 4.69) is 26.0 Å². The van der Waals surface area contributed by atoms with Crippen molar-refractivity contribution < 1.29 is 32.6 Å². The van der Waals surface area contributed by atoms with E-state index in [1.165, 1.54) is 29.6 Å². The summed E-state index contributed by atoms with van der Waals surface area (Å²) in [5.41, 5.74) is 0.359. The highest BCUT2D eigenvalue weighted by molar-refractivity contribution is 9.10. The zero-order valence-electron chi connectivity index (χ0n) is 16.1. The first-order chi connectivity index (χ1) is 15.2. The number of carbonyl (C=O) groups is 2. The predicted molar refractivity (Wildman–Crippen MR) is 122 cm³/mol. The predicted octanol–water partition coefficient (Wildman–Crippen LogP) is 4.03. The Labute approximate surface area is 195 Å². The Morgan fingerprint density at radius 1 is 1.03 bits per heavy atom. The van der Waals surface area contributed by atoms with E-state index in [-0.39, 0.29) is 26.7 Å². The lowest BCUT2D eigenvalue weighted by molar-refractivity contribution is 0.0698. The number of aromatic carboxylic acids is 1. The molecule has 0 saturated heterocycles. The Bertz CT molecular complexity index is 1320. The highest BCUT2D eigenvalue weighted by Crippen LogP contribution is 2.34. The Morgan fingerprint density at radius 2 is 1.78 bits per heavy atom. The molecule has 12 heteroatoms. The second kappa shape index (κ2) is 8.81. The van der Waals surface area contributed by atoms with Crippen molar-refractivity contribution in [3.8, 4) is 11.5 Å². The average Bonchev–Trinajstić information content (AvgIpc) is 3.26. The van der Waals surface area contributed by atoms with Crippen molar-refractivity contribution in [1.29, 1.82) is 0 Å². The van der Waals surface area contributed by atoms with E-state index in [0.717, 1.165) is 11.3 Å². The molecule has 3 aromatic rings. The van der Waals surface area contributed by atoms with Gasteiger partial charge in [-0.05, 0) is 36.4 Å². The molecule has 0 unspecified atom stereocenters. The summed E-state index contributed by atoms with van der Waals surface area (Å²) >= 11 is 4.05. The molecule has 0 atom stereocenters. The summed E-state index contributed by atoms with van der Waals surface area (Å²) in [6, 6.07) is 10.3. The molecule has 0 bridgehead atoms. The molecule has 1 aromatic heterocycles. The Morgan fingerprint density at radius 3 is 2.53 bits per heavy atom. The van der Waals surface area contributed by atoms with Gasteiger partial charge in [0.05, 0.1) is 22.5 Å². The molecule has 0 radical (unpaired) electrons. The number of halogens is 1. The maximum atomic E-state index is 12.8. The molecule has 0 aliphatic carbocycles. The topological polar surface area (TPSA) is 131 Å². The Balaban J connectivity index is 1.52. The molecule has 9 nitrogen and oxygen atoms in total. The van der Waals surface area contributed by atoms with Gasteiger partial charge in [-0.25, -0.2) is 13.2 Å². The van der Waals surface area contributed by atoms with Crippen molar-refractivity contribution in [2.45, 2.75) is 4.21 Å². The summed E-state index contributed by atoms with van der Waals surface area (Å²) in [5, 5.41) is 13.2. The number of benzene rings is 2. The molecule has 2 aromatic carbocycles. The van der Waals surface area contributed by atoms with E-state index in [0.29, 0.717) is 29.2 Å². The van der Waals surface area contributed by atoms with Gasteiger partial charge in [-0.2, -0.15) is 0 Å². The Kier molecular flexibility index (Phi) is 6.09. The van der Waals surface area contributed by atoms with Crippen LogP contribution in [0.5, 0.6) is 11.5 Å². The maximum absolute atomic E-state index is 12.8. The van der Waals surface area contributed by atoms with Crippen LogP contribution >= 0.6 is 27.3 Å². The molecular formula is C20H15BrN2O7S2. The number of sulfonamides is 1. The van der Waals surface area contributed by atoms with Crippen LogP contribution in [0.25, 0.3) is 0 Å². The molecule has 0 spiro atoms. The van der Waals surface area contributed by atoms with Gasteiger partial charge in [0.2, 0.25) is 0 Å². The third-order valence-electron chi connectivity index (χ3n) is 4.36. The quantitative estimate of drug-likeness (QED) is 0.431. The normalized spacial score (nSPS) is 12.8. The summed E-state index contributed by atoms with van der Waals surface area (Å²) in [6.45, 7) is 0.793. The van der Waals surface area contributed by atoms with Gasteiger partial charge in [0.15, 0.2) is 11.5 Å². The van der Waals surface area contributed by atoms with Crippen LogP contribution in [-0.2, 0) is 10.0 Å². The number of thiophene rings is 1. The maximum Gasteiger partial charge on any atom is 0.337 e. The van der Waals surface area contributed by atoms with Crippen molar-refractivity contribution in [1.82, 2.24) is 0 Å². The first-order valence-corrected chi connectivity index (χ1v) is 12.2. The van der Waals surface area contributed by atoms with Crippen molar-refractivity contribution in [3.63, 3.8) is 0 Å². The fraction of sp³-hybridized carbons (Fsp3) is 0.100. The molecule has 1 aliphatic heterocycles. The molecular weight excluding hydrogens is 524 g/mol. The van der Waals surface area contributed by atoms with E-state index >= 15 is 0 Å². The molecule has 0 fully saturated rings. The number of fused-ring (bicyclic) bond motifs is 1. The summed E-state index contributed by atoms with van der Waals surface area (Å²) in [7, 11) is -3.96. The monoisotopic (exact) mass is 538 g/mol. The SMILES string of the molecule is O=C(Nc1ccc(Br)cc1C(=O)O)c1csc(S(=O)(=O)Nc2ccc3c(c2)OCCO3)c1. The number of carboxylic acids is 1. The molecule has 1 aliphatic rings. The number of anilines is 2. The highest BCUT2D eigenvalue weighted by Gasteiger charge is 2.22. The molecule has 2 heterocycles. The average molecular weight is 539 g/mol. The second-order valence-electron chi connectivity index (χ2n) is 6.57. The number of nitrogens with one attached hydrogen (secondary N) is 2. The summed E-state index contributed by atoms with van der Waals surface area (Å²) in [5.74, 6) is -0.875. The van der Waals surface area contributed by atoms with E-state index in [9.17, 15) is 23.1 Å². The van der Waals surface area contributed by atoms with Gasteiger partial charge in [-0.15, -0.1) is 11.3 Å². The number of carbonyl (C=O) groups excluding carboxylic acids is 1. The minimum atomic E-state index is -3.96. The molecule has 166 valence electrons. The van der Waals surface area contributed by atoms with Crippen LogP contribution in [-0.4, -0.2) is 38.6 Å². The largest absolute Gasteiger partial charge is 0.486 e. The van der Waals surface area contributed by atoms with Crippen LogP contribution in [0.1, 0.15) is 20.7 Å². The minimum absolute atomic E-state index is 0.0770. The summed E-state index contributed by atoms with van der Waals surface area (Å²) in [6.07, 6.45) is 0. The number of amides is 1. The van der Waals surface area contributed by atoms with Crippen LogP contribution in [0.15, 0.2) is 56.5 Å². The molecule has 32 heavy (non-hydrogen) atoms. The van der Waals surface area contributed by atoms with E-state index in [1.54, 1.807) is 18.2 Å². The van der Waals surface area contributed by atoms with Gasteiger partial charge in [0.1, 0.15) is 17.4 Å². The van der Waals surface area contributed by atoms with Crippen LogP contribution in [0.2, 0.25) is 0 Å². The first-order valence-electron chi connectivity index (χ1n) is 9.08. The zero-order valence-corrected chi connectivity index (χ0v) is 19.3. The van der Waals surface area contributed by atoms with Gasteiger partial charge in [-0.1, -0.05) is 15.9 Å². The first kappa shape index (κ1) is 22.1. The summed E-state index contributed by atoms with van der Waals surface area (Å²) < 4.78 is 39.3. The number of ether oxygens (including phenoxy) is 2. The van der Waals surface area contributed by atoms with Crippen molar-refractivity contribution in [3.05, 3.63) is 63.4 Å². The molecule has 3 N–H and O–H groups in total. The summed E-state index contributed by atoms with van der Waals surface area (Å²) in [4.78, 5) is 24.0. The number of hydrogen-bond donors (Lipinski definition) is 3. The van der Waals surface area contributed by atoms with Crippen molar-refractivity contribution in [2.24, 2.45) is 0 Å². The fourth-order valence-corrected chi connectivity index (χ4v) is 5.46. The third kappa shape index (κ3) is 4.71. The van der Waals surface area contributed by atoms with Crippen molar-refractivity contribution in [2.75, 3.05) is 23.3 Å². The van der Waals surface area contributed by atoms with E-state index in [1.807, 2.05) is 0 Å². The molecule has 4 rings (SSSR count). The van der Waals surface area contributed by atoms with Gasteiger partial charge in [0, 0.05) is 15.9 Å². The molecule has 0 saturated carbocycles. The zero-order chi connectivity index (χ0) is 22.9. The highest BCUT2D eigenvalue weighted by atomic mass is 79.9. The smallest absolute Gasteiger partial charge is 0.337 e. The van der Waals surface area contributed by atoms with Crippen LogP contribution in [0.3, 0.4) is 0 Å². The van der Waals surface area contributed by atoms with Crippen LogP contribution in [0, 0.1) is 0 Å². The lowest BCUT2D eigenvalue weighted by atomic mass is 10.1. The Hall–Kier alpha value is -3.09. The molecule has 1 amide bonds. The minimum Gasteiger partial charge on any atom is -0.486 e. The van der Waals surface area contributed by atoms with Gasteiger partial charge in [0.25, 0.3) is 15.9 Å². The van der Waals surface area contributed by atoms with Crippen LogP contribution in [0.4, 0.5) is 11.4 Å². The second-order valence-corrected chi connectivity index (χ2v) is 10.3. The van der Waals surface area contributed by atoms with Crippen LogP contribution < -0.4 is 19.5 Å². The lowest BCUT2D eigenvalue weighted by Gasteiger charge is -2.19. The number of rotatable bonds is 6. The number of hydrogen-bond acceptors (Lipinski definition) is 7. The van der Waals surface area contributed by atoms with Gasteiger partial charge >= 0.3 is 5.97 Å².